The van der Waals surface area contributed by atoms with Crippen LogP contribution < -0.4 is 10.6 Å². The van der Waals surface area contributed by atoms with E-state index in [0.717, 1.165) is 25.9 Å². The summed E-state index contributed by atoms with van der Waals surface area (Å²) in [4.78, 5) is 26.7. The summed E-state index contributed by atoms with van der Waals surface area (Å²) in [6.07, 6.45) is 2.44. The van der Waals surface area contributed by atoms with E-state index in [4.69, 9.17) is 11.6 Å². The Balaban J connectivity index is 0.00000312. The van der Waals surface area contributed by atoms with Gasteiger partial charge in [-0.15, -0.1) is 12.4 Å². The third-order valence-corrected chi connectivity index (χ3v) is 4.48. The van der Waals surface area contributed by atoms with Gasteiger partial charge < -0.3 is 15.5 Å². The van der Waals surface area contributed by atoms with Crippen molar-refractivity contribution >= 4 is 41.5 Å². The number of hydrogen-bond acceptors (Lipinski definition) is 3. The van der Waals surface area contributed by atoms with Gasteiger partial charge in [-0.25, -0.2) is 0 Å². The second-order valence-corrected chi connectivity index (χ2v) is 7.10. The summed E-state index contributed by atoms with van der Waals surface area (Å²) >= 11 is 6.24. The summed E-state index contributed by atoms with van der Waals surface area (Å²) in [6, 6.07) is 5.27. The van der Waals surface area contributed by atoms with Crippen LogP contribution in [0.5, 0.6) is 0 Å². The summed E-state index contributed by atoms with van der Waals surface area (Å²) < 4.78 is 0. The van der Waals surface area contributed by atoms with Crippen molar-refractivity contribution in [2.75, 3.05) is 25.5 Å². The molecule has 5 nitrogen and oxygen atoms in total. The quantitative estimate of drug-likeness (QED) is 0.783. The fraction of sp³-hybridized carbons (Fsp3) is 0.556. The Bertz CT molecular complexity index is 608. The fourth-order valence-corrected chi connectivity index (χ4v) is 3.25. The zero-order valence-electron chi connectivity index (χ0n) is 15.0. The monoisotopic (exact) mass is 387 g/mol. The molecule has 0 radical (unpaired) electrons. The number of amides is 2. The van der Waals surface area contributed by atoms with Crippen molar-refractivity contribution in [1.82, 2.24) is 10.2 Å². The van der Waals surface area contributed by atoms with Crippen molar-refractivity contribution in [3.8, 4) is 0 Å². The number of rotatable bonds is 6. The molecule has 1 aromatic carbocycles. The maximum atomic E-state index is 12.9. The molecule has 1 unspecified atom stereocenters. The summed E-state index contributed by atoms with van der Waals surface area (Å²) in [6.45, 7) is 5.50. The predicted octanol–water partition coefficient (Wildman–Crippen LogP) is 3.57. The zero-order valence-corrected chi connectivity index (χ0v) is 16.5. The van der Waals surface area contributed by atoms with Crippen LogP contribution in [-0.4, -0.2) is 42.9 Å². The van der Waals surface area contributed by atoms with Crippen LogP contribution in [-0.2, 0) is 4.79 Å². The van der Waals surface area contributed by atoms with E-state index in [1.165, 1.54) is 0 Å². The maximum Gasteiger partial charge on any atom is 0.255 e. The Morgan fingerprint density at radius 3 is 2.72 bits per heavy atom. The molecule has 0 aliphatic carbocycles. The number of hydrogen-bond donors (Lipinski definition) is 2. The van der Waals surface area contributed by atoms with E-state index in [1.807, 2.05) is 25.8 Å². The lowest BCUT2D eigenvalue weighted by atomic mass is 10.1. The number of carbonyl (C=O) groups excluding carboxylic acids is 2. The van der Waals surface area contributed by atoms with Crippen LogP contribution in [0.3, 0.4) is 0 Å². The largest absolute Gasteiger partial charge is 0.334 e. The van der Waals surface area contributed by atoms with Crippen LogP contribution in [0.15, 0.2) is 18.2 Å². The number of benzene rings is 1. The molecule has 1 aliphatic heterocycles. The Morgan fingerprint density at radius 2 is 2.08 bits per heavy atom. The van der Waals surface area contributed by atoms with Crippen molar-refractivity contribution in [3.05, 3.63) is 28.8 Å². The van der Waals surface area contributed by atoms with Gasteiger partial charge in [-0.3, -0.25) is 9.59 Å². The number of nitrogens with zero attached hydrogens (tertiary/aromatic N) is 1. The Kier molecular flexibility index (Phi) is 8.69. The first-order chi connectivity index (χ1) is 11.4. The second-order valence-electron chi connectivity index (χ2n) is 6.69. The summed E-state index contributed by atoms with van der Waals surface area (Å²) in [5.41, 5.74) is 1.06. The number of likely N-dealkylation sites (tertiary alicyclic amines) is 1. The van der Waals surface area contributed by atoms with E-state index in [9.17, 15) is 9.59 Å². The highest BCUT2D eigenvalue weighted by atomic mass is 35.5. The minimum Gasteiger partial charge on any atom is -0.334 e. The summed E-state index contributed by atoms with van der Waals surface area (Å²) in [7, 11) is 1.89. The molecule has 0 saturated carbocycles. The molecule has 1 aromatic rings. The van der Waals surface area contributed by atoms with E-state index in [1.54, 1.807) is 18.2 Å². The average molecular weight is 388 g/mol. The van der Waals surface area contributed by atoms with Crippen molar-refractivity contribution in [2.24, 2.45) is 5.92 Å². The molecular weight excluding hydrogens is 361 g/mol. The highest BCUT2D eigenvalue weighted by Gasteiger charge is 2.30. The van der Waals surface area contributed by atoms with Crippen LogP contribution >= 0.6 is 24.0 Å². The standard InChI is InChI=1S/C18H26ClN3O2.ClH/c1-12(2)9-17(23)21-13-6-7-16(19)15(10-13)18(24)22-8-4-5-14(22)11-20-3;/h6-7,10,12,14,20H,4-5,8-9,11H2,1-3H3,(H,21,23);1H. The van der Waals surface area contributed by atoms with Crippen molar-refractivity contribution in [3.63, 3.8) is 0 Å². The van der Waals surface area contributed by atoms with Crippen LogP contribution in [0.2, 0.25) is 5.02 Å². The number of nitrogens with one attached hydrogen (secondary N) is 2. The van der Waals surface area contributed by atoms with E-state index in [-0.39, 0.29) is 36.2 Å². The Labute approximate surface area is 160 Å². The van der Waals surface area contributed by atoms with Gasteiger partial charge in [-0.05, 0) is 44.0 Å². The predicted molar refractivity (Wildman–Crippen MR) is 105 cm³/mol. The van der Waals surface area contributed by atoms with Crippen LogP contribution in [0.4, 0.5) is 5.69 Å². The molecule has 1 atom stereocenters. The molecule has 1 heterocycles. The molecule has 1 saturated heterocycles. The molecule has 2 rings (SSSR count). The van der Waals surface area contributed by atoms with E-state index >= 15 is 0 Å². The average Bonchev–Trinajstić information content (AvgIpc) is 2.96. The number of anilines is 1. The third kappa shape index (κ3) is 5.87. The molecule has 1 fully saturated rings. The Morgan fingerprint density at radius 1 is 1.36 bits per heavy atom. The van der Waals surface area contributed by atoms with Crippen molar-refractivity contribution in [2.45, 2.75) is 39.2 Å². The van der Waals surface area contributed by atoms with Gasteiger partial charge >= 0.3 is 0 Å². The molecule has 0 aromatic heterocycles. The lowest BCUT2D eigenvalue weighted by Gasteiger charge is -2.25. The van der Waals surface area contributed by atoms with Gasteiger partial charge in [0, 0.05) is 31.2 Å². The molecule has 140 valence electrons. The normalized spacial score (nSPS) is 16.7. The van der Waals surface area contributed by atoms with Gasteiger partial charge in [0.25, 0.3) is 5.91 Å². The first-order valence-corrected chi connectivity index (χ1v) is 8.85. The smallest absolute Gasteiger partial charge is 0.255 e. The molecule has 1 aliphatic rings. The van der Waals surface area contributed by atoms with Gasteiger partial charge in [0.15, 0.2) is 0 Å². The first kappa shape index (κ1) is 21.7. The first-order valence-electron chi connectivity index (χ1n) is 8.47. The molecule has 7 heteroatoms. The van der Waals surface area contributed by atoms with Gasteiger partial charge in [0.1, 0.15) is 0 Å². The minimum absolute atomic E-state index is 0. The SMILES string of the molecule is CNCC1CCCN1C(=O)c1cc(NC(=O)CC(C)C)ccc1Cl.Cl. The maximum absolute atomic E-state index is 12.9. The lowest BCUT2D eigenvalue weighted by molar-refractivity contribution is -0.116. The zero-order chi connectivity index (χ0) is 17.7. The number of carbonyl (C=O) groups is 2. The van der Waals surface area contributed by atoms with Crippen molar-refractivity contribution < 1.29 is 9.59 Å². The number of halogens is 2. The van der Waals surface area contributed by atoms with Gasteiger partial charge in [0.05, 0.1) is 10.6 Å². The highest BCUT2D eigenvalue weighted by Crippen LogP contribution is 2.26. The van der Waals surface area contributed by atoms with Crippen molar-refractivity contribution in [1.29, 1.82) is 0 Å². The molecule has 2 N–H and O–H groups in total. The molecule has 2 amide bonds. The second kappa shape index (κ2) is 10.00. The van der Waals surface area contributed by atoms with E-state index in [0.29, 0.717) is 22.7 Å². The third-order valence-electron chi connectivity index (χ3n) is 4.15. The van der Waals surface area contributed by atoms with Crippen LogP contribution in [0, 0.1) is 5.92 Å². The van der Waals surface area contributed by atoms with Gasteiger partial charge in [-0.2, -0.15) is 0 Å². The number of likely N-dealkylation sites (N-methyl/N-ethyl adjacent to an activating group) is 1. The van der Waals surface area contributed by atoms with Gasteiger partial charge in [0.2, 0.25) is 5.91 Å². The minimum atomic E-state index is -0.0716. The Hall–Kier alpha value is -1.30. The highest BCUT2D eigenvalue weighted by molar-refractivity contribution is 6.34. The fourth-order valence-electron chi connectivity index (χ4n) is 3.06. The summed E-state index contributed by atoms with van der Waals surface area (Å²) in [5.74, 6) is 0.156. The van der Waals surface area contributed by atoms with E-state index < -0.39 is 0 Å². The summed E-state index contributed by atoms with van der Waals surface area (Å²) in [5, 5.41) is 6.39. The van der Waals surface area contributed by atoms with Gasteiger partial charge in [-0.1, -0.05) is 25.4 Å². The molecule has 25 heavy (non-hydrogen) atoms. The lowest BCUT2D eigenvalue weighted by Crippen LogP contribution is -2.41. The topological polar surface area (TPSA) is 61.4 Å². The van der Waals surface area contributed by atoms with Crippen LogP contribution in [0.25, 0.3) is 0 Å². The molecule has 0 spiro atoms. The molecular formula is C18H27Cl2N3O2. The van der Waals surface area contributed by atoms with E-state index in [2.05, 4.69) is 10.6 Å². The molecule has 0 bridgehead atoms. The van der Waals surface area contributed by atoms with Crippen LogP contribution in [0.1, 0.15) is 43.5 Å².